The standard InChI is InChI=1S/C15H14Cl2N2O/c16-13-9-12(10-14(17)19-13)15(20)18-8-4-7-11-5-2-1-3-6-11/h1-3,5-6,9-10H,4,7-8H2,(H,18,20). The average molecular weight is 309 g/mol. The minimum atomic E-state index is -0.190. The number of carbonyl (C=O) groups is 1. The highest BCUT2D eigenvalue weighted by Gasteiger charge is 2.07. The number of carbonyl (C=O) groups excluding carboxylic acids is 1. The van der Waals surface area contributed by atoms with Gasteiger partial charge in [0.25, 0.3) is 5.91 Å². The number of hydrogen-bond acceptors (Lipinski definition) is 2. The zero-order valence-electron chi connectivity index (χ0n) is 10.8. The lowest BCUT2D eigenvalue weighted by Gasteiger charge is -2.06. The summed E-state index contributed by atoms with van der Waals surface area (Å²) in [5.74, 6) is -0.190. The lowest BCUT2D eigenvalue weighted by Crippen LogP contribution is -2.24. The highest BCUT2D eigenvalue weighted by Crippen LogP contribution is 2.14. The number of hydrogen-bond donors (Lipinski definition) is 1. The van der Waals surface area contributed by atoms with Gasteiger partial charge < -0.3 is 5.32 Å². The van der Waals surface area contributed by atoms with Crippen LogP contribution in [-0.2, 0) is 6.42 Å². The van der Waals surface area contributed by atoms with Crippen LogP contribution in [0.4, 0.5) is 0 Å². The third-order valence-corrected chi connectivity index (χ3v) is 3.18. The fraction of sp³-hybridized carbons (Fsp3) is 0.200. The van der Waals surface area contributed by atoms with Crippen molar-refractivity contribution in [2.45, 2.75) is 12.8 Å². The van der Waals surface area contributed by atoms with Crippen molar-refractivity contribution in [1.29, 1.82) is 0 Å². The molecule has 104 valence electrons. The van der Waals surface area contributed by atoms with Gasteiger partial charge >= 0.3 is 0 Å². The van der Waals surface area contributed by atoms with Crippen LogP contribution >= 0.6 is 23.2 Å². The van der Waals surface area contributed by atoms with E-state index in [1.807, 2.05) is 18.2 Å². The fourth-order valence-electron chi connectivity index (χ4n) is 1.84. The Kier molecular flexibility index (Phi) is 5.39. The highest BCUT2D eigenvalue weighted by atomic mass is 35.5. The summed E-state index contributed by atoms with van der Waals surface area (Å²) < 4.78 is 0. The Labute approximate surface area is 127 Å². The maximum Gasteiger partial charge on any atom is 0.251 e. The van der Waals surface area contributed by atoms with Crippen LogP contribution < -0.4 is 5.32 Å². The Balaban J connectivity index is 1.80. The predicted octanol–water partition coefficient (Wildman–Crippen LogP) is 3.75. The SMILES string of the molecule is O=C(NCCCc1ccccc1)c1cc(Cl)nc(Cl)c1. The fourth-order valence-corrected chi connectivity index (χ4v) is 2.30. The van der Waals surface area contributed by atoms with Crippen molar-refractivity contribution in [1.82, 2.24) is 10.3 Å². The van der Waals surface area contributed by atoms with Crippen molar-refractivity contribution in [3.8, 4) is 0 Å². The predicted molar refractivity (Wildman–Crippen MR) is 81.4 cm³/mol. The van der Waals surface area contributed by atoms with Gasteiger partial charge in [0.05, 0.1) is 0 Å². The molecule has 0 aliphatic carbocycles. The Morgan fingerprint density at radius 2 is 1.75 bits per heavy atom. The number of nitrogens with zero attached hydrogens (tertiary/aromatic N) is 1. The first-order valence-corrected chi connectivity index (χ1v) is 7.06. The average Bonchev–Trinajstić information content (AvgIpc) is 2.43. The third kappa shape index (κ3) is 4.51. The van der Waals surface area contributed by atoms with E-state index in [2.05, 4.69) is 22.4 Å². The van der Waals surface area contributed by atoms with Gasteiger partial charge in [-0.2, -0.15) is 0 Å². The number of halogens is 2. The van der Waals surface area contributed by atoms with E-state index in [-0.39, 0.29) is 16.2 Å². The Hall–Kier alpha value is -1.58. The molecule has 0 atom stereocenters. The first-order chi connectivity index (χ1) is 9.65. The molecule has 0 saturated heterocycles. The minimum Gasteiger partial charge on any atom is -0.352 e. The second-order valence-corrected chi connectivity index (χ2v) is 5.12. The monoisotopic (exact) mass is 308 g/mol. The van der Waals surface area contributed by atoms with Crippen LogP contribution in [0.3, 0.4) is 0 Å². The molecule has 1 amide bonds. The summed E-state index contributed by atoms with van der Waals surface area (Å²) in [5.41, 5.74) is 1.69. The number of rotatable bonds is 5. The second-order valence-electron chi connectivity index (χ2n) is 4.35. The van der Waals surface area contributed by atoms with E-state index in [0.717, 1.165) is 12.8 Å². The summed E-state index contributed by atoms with van der Waals surface area (Å²) in [6, 6.07) is 13.2. The lowest BCUT2D eigenvalue weighted by molar-refractivity contribution is 0.0953. The molecule has 3 nitrogen and oxygen atoms in total. The van der Waals surface area contributed by atoms with Crippen molar-refractivity contribution >= 4 is 29.1 Å². The maximum absolute atomic E-state index is 11.9. The number of nitrogens with one attached hydrogen (secondary N) is 1. The van der Waals surface area contributed by atoms with Crippen LogP contribution in [0.25, 0.3) is 0 Å². The van der Waals surface area contributed by atoms with E-state index in [1.165, 1.54) is 17.7 Å². The summed E-state index contributed by atoms with van der Waals surface area (Å²) in [5, 5.41) is 3.27. The van der Waals surface area contributed by atoms with Gasteiger partial charge in [-0.3, -0.25) is 4.79 Å². The zero-order valence-corrected chi connectivity index (χ0v) is 12.3. The molecular weight excluding hydrogens is 295 g/mol. The molecule has 1 heterocycles. The summed E-state index contributed by atoms with van der Waals surface area (Å²) in [6.07, 6.45) is 1.81. The smallest absolute Gasteiger partial charge is 0.251 e. The molecule has 0 unspecified atom stereocenters. The van der Waals surface area contributed by atoms with E-state index < -0.39 is 0 Å². The lowest BCUT2D eigenvalue weighted by atomic mass is 10.1. The molecule has 0 bridgehead atoms. The Morgan fingerprint density at radius 1 is 1.10 bits per heavy atom. The van der Waals surface area contributed by atoms with Crippen LogP contribution in [0.1, 0.15) is 22.3 Å². The van der Waals surface area contributed by atoms with E-state index in [1.54, 1.807) is 0 Å². The number of amides is 1. The molecule has 0 fully saturated rings. The zero-order chi connectivity index (χ0) is 14.4. The largest absolute Gasteiger partial charge is 0.352 e. The number of aromatic nitrogens is 1. The summed E-state index contributed by atoms with van der Waals surface area (Å²) >= 11 is 11.5. The van der Waals surface area contributed by atoms with E-state index in [4.69, 9.17) is 23.2 Å². The quantitative estimate of drug-likeness (QED) is 0.675. The molecular formula is C15H14Cl2N2O. The molecule has 5 heteroatoms. The molecule has 0 spiro atoms. The molecule has 20 heavy (non-hydrogen) atoms. The first kappa shape index (κ1) is 14.8. The number of benzene rings is 1. The normalized spacial score (nSPS) is 10.3. The molecule has 0 aliphatic rings. The summed E-state index contributed by atoms with van der Waals surface area (Å²) in [6.45, 7) is 0.602. The summed E-state index contributed by atoms with van der Waals surface area (Å²) in [7, 11) is 0. The van der Waals surface area contributed by atoms with Gasteiger partial charge in [-0.1, -0.05) is 53.5 Å². The number of pyridine rings is 1. The molecule has 2 rings (SSSR count). The molecule has 0 saturated carbocycles. The maximum atomic E-state index is 11.9. The van der Waals surface area contributed by atoms with Gasteiger partial charge in [-0.15, -0.1) is 0 Å². The van der Waals surface area contributed by atoms with Crippen LogP contribution in [0.5, 0.6) is 0 Å². The van der Waals surface area contributed by atoms with Crippen molar-refractivity contribution in [2.75, 3.05) is 6.54 Å². The highest BCUT2D eigenvalue weighted by molar-refractivity contribution is 6.33. The van der Waals surface area contributed by atoms with Crippen LogP contribution in [-0.4, -0.2) is 17.4 Å². The van der Waals surface area contributed by atoms with Crippen LogP contribution in [0.15, 0.2) is 42.5 Å². The molecule has 0 aliphatic heterocycles. The van der Waals surface area contributed by atoms with Gasteiger partial charge in [-0.25, -0.2) is 4.98 Å². The van der Waals surface area contributed by atoms with E-state index in [0.29, 0.717) is 12.1 Å². The Morgan fingerprint density at radius 3 is 2.40 bits per heavy atom. The molecule has 2 aromatic rings. The van der Waals surface area contributed by atoms with Gasteiger partial charge in [0.2, 0.25) is 0 Å². The molecule has 1 aromatic heterocycles. The van der Waals surface area contributed by atoms with Crippen LogP contribution in [0.2, 0.25) is 10.3 Å². The minimum absolute atomic E-state index is 0.190. The molecule has 1 aromatic carbocycles. The van der Waals surface area contributed by atoms with Gasteiger partial charge in [0.15, 0.2) is 0 Å². The second kappa shape index (κ2) is 7.27. The van der Waals surface area contributed by atoms with Crippen molar-refractivity contribution in [3.63, 3.8) is 0 Å². The summed E-state index contributed by atoms with van der Waals surface area (Å²) in [4.78, 5) is 15.7. The topological polar surface area (TPSA) is 42.0 Å². The molecule has 0 radical (unpaired) electrons. The van der Waals surface area contributed by atoms with Gasteiger partial charge in [0.1, 0.15) is 10.3 Å². The molecule has 1 N–H and O–H groups in total. The van der Waals surface area contributed by atoms with Crippen molar-refractivity contribution in [3.05, 3.63) is 63.9 Å². The van der Waals surface area contributed by atoms with E-state index in [9.17, 15) is 4.79 Å². The van der Waals surface area contributed by atoms with E-state index >= 15 is 0 Å². The Bertz CT molecular complexity index is 567. The van der Waals surface area contributed by atoms with Crippen LogP contribution in [0, 0.1) is 0 Å². The van der Waals surface area contributed by atoms with Crippen molar-refractivity contribution < 1.29 is 4.79 Å². The van der Waals surface area contributed by atoms with Crippen molar-refractivity contribution in [2.24, 2.45) is 0 Å². The third-order valence-electron chi connectivity index (χ3n) is 2.80. The van der Waals surface area contributed by atoms with Gasteiger partial charge in [-0.05, 0) is 30.5 Å². The number of aryl methyl sites for hydroxylation is 1. The van der Waals surface area contributed by atoms with Gasteiger partial charge in [0, 0.05) is 12.1 Å². The first-order valence-electron chi connectivity index (χ1n) is 6.30.